The van der Waals surface area contributed by atoms with Crippen LogP contribution in [-0.4, -0.2) is 18.0 Å². The number of nitrogens with one attached hydrogen (secondary N) is 1. The number of hydrogen-bond donors (Lipinski definition) is 2. The molecule has 0 bridgehead atoms. The molecule has 0 saturated carbocycles. The summed E-state index contributed by atoms with van der Waals surface area (Å²) in [6, 6.07) is 0.578. The Morgan fingerprint density at radius 2 is 1.69 bits per heavy atom. The van der Waals surface area contributed by atoms with E-state index in [1.165, 1.54) is 0 Å². The lowest BCUT2D eigenvalue weighted by atomic mass is 9.89. The number of guanidine groups is 1. The minimum atomic E-state index is 0.170. The zero-order valence-corrected chi connectivity index (χ0v) is 9.68. The second-order valence-corrected chi connectivity index (χ2v) is 4.86. The van der Waals surface area contributed by atoms with E-state index in [0.29, 0.717) is 12.0 Å². The monoisotopic (exact) mass is 185 g/mol. The fraction of sp³-hybridized carbons (Fsp3) is 0.900. The van der Waals surface area contributed by atoms with Gasteiger partial charge in [-0.1, -0.05) is 20.8 Å². The van der Waals surface area contributed by atoms with Gasteiger partial charge >= 0.3 is 0 Å². The molecule has 0 rings (SSSR count). The highest BCUT2D eigenvalue weighted by molar-refractivity contribution is 5.78. The number of nitrogens with two attached hydrogens (primary N) is 1. The molecule has 0 aliphatic carbocycles. The second kappa shape index (κ2) is 4.49. The highest BCUT2D eigenvalue weighted by Gasteiger charge is 2.19. The van der Waals surface area contributed by atoms with Crippen LogP contribution in [0.15, 0.2) is 4.99 Å². The van der Waals surface area contributed by atoms with E-state index in [2.05, 4.69) is 38.0 Å². The Morgan fingerprint density at radius 1 is 1.23 bits per heavy atom. The molecule has 0 aliphatic rings. The van der Waals surface area contributed by atoms with Crippen LogP contribution < -0.4 is 11.1 Å². The predicted molar refractivity (Wildman–Crippen MR) is 58.8 cm³/mol. The molecule has 13 heavy (non-hydrogen) atoms. The van der Waals surface area contributed by atoms with Crippen molar-refractivity contribution in [1.82, 2.24) is 5.32 Å². The third kappa shape index (κ3) is 5.50. The van der Waals surface area contributed by atoms with Crippen molar-refractivity contribution in [2.24, 2.45) is 16.1 Å². The molecule has 0 aromatic rings. The van der Waals surface area contributed by atoms with Crippen molar-refractivity contribution < 1.29 is 0 Å². The third-order valence-electron chi connectivity index (χ3n) is 2.02. The molecule has 1 unspecified atom stereocenters. The first-order chi connectivity index (χ1) is 5.73. The molecule has 0 spiro atoms. The van der Waals surface area contributed by atoms with Gasteiger partial charge in [-0.3, -0.25) is 0 Å². The maximum absolute atomic E-state index is 5.71. The smallest absolute Gasteiger partial charge is 0.189 e. The third-order valence-corrected chi connectivity index (χ3v) is 2.02. The van der Waals surface area contributed by atoms with Gasteiger partial charge in [-0.25, -0.2) is 4.99 Å². The molecule has 0 radical (unpaired) electrons. The number of aliphatic imine (C=N–C) groups is 1. The summed E-state index contributed by atoms with van der Waals surface area (Å²) >= 11 is 0. The van der Waals surface area contributed by atoms with Crippen LogP contribution in [0.2, 0.25) is 0 Å². The standard InChI is InChI=1S/C10H23N3/c1-7(2)12-9(11)13-8(3)10(4,5)6/h7-8H,1-6H3,(H3,11,12,13). The summed E-state index contributed by atoms with van der Waals surface area (Å²) in [6.07, 6.45) is 0. The van der Waals surface area contributed by atoms with E-state index in [0.717, 1.165) is 0 Å². The molecule has 3 heteroatoms. The minimum absolute atomic E-state index is 0.170. The lowest BCUT2D eigenvalue weighted by Gasteiger charge is -2.24. The zero-order chi connectivity index (χ0) is 10.6. The van der Waals surface area contributed by atoms with Crippen molar-refractivity contribution in [2.75, 3.05) is 0 Å². The highest BCUT2D eigenvalue weighted by atomic mass is 15.1. The van der Waals surface area contributed by atoms with Gasteiger partial charge in [0.25, 0.3) is 0 Å². The van der Waals surface area contributed by atoms with E-state index < -0.39 is 0 Å². The van der Waals surface area contributed by atoms with Crippen LogP contribution in [0.5, 0.6) is 0 Å². The van der Waals surface area contributed by atoms with E-state index in [-0.39, 0.29) is 11.5 Å². The largest absolute Gasteiger partial charge is 0.370 e. The Bertz CT molecular complexity index is 177. The summed E-state index contributed by atoms with van der Waals surface area (Å²) in [6.45, 7) is 12.6. The van der Waals surface area contributed by atoms with Gasteiger partial charge < -0.3 is 11.1 Å². The number of rotatable bonds is 2. The highest BCUT2D eigenvalue weighted by Crippen LogP contribution is 2.21. The van der Waals surface area contributed by atoms with E-state index in [4.69, 9.17) is 5.73 Å². The van der Waals surface area contributed by atoms with Crippen LogP contribution >= 0.6 is 0 Å². The Morgan fingerprint density at radius 3 is 2.00 bits per heavy atom. The lowest BCUT2D eigenvalue weighted by molar-refractivity contribution is 0.340. The zero-order valence-electron chi connectivity index (χ0n) is 9.68. The Hall–Kier alpha value is -0.730. The first-order valence-electron chi connectivity index (χ1n) is 4.83. The predicted octanol–water partition coefficient (Wildman–Crippen LogP) is 1.73. The Balaban J connectivity index is 4.22. The normalized spacial score (nSPS) is 16.1. The maximum Gasteiger partial charge on any atom is 0.189 e. The van der Waals surface area contributed by atoms with Gasteiger partial charge in [-0.05, 0) is 26.2 Å². The first kappa shape index (κ1) is 12.3. The first-order valence-corrected chi connectivity index (χ1v) is 4.83. The fourth-order valence-electron chi connectivity index (χ4n) is 0.735. The topological polar surface area (TPSA) is 50.4 Å². The summed E-state index contributed by atoms with van der Waals surface area (Å²) in [4.78, 5) is 4.37. The van der Waals surface area contributed by atoms with Gasteiger partial charge in [0.15, 0.2) is 5.96 Å². The summed E-state index contributed by atoms with van der Waals surface area (Å²) < 4.78 is 0. The van der Waals surface area contributed by atoms with Gasteiger partial charge in [-0.15, -0.1) is 0 Å². The van der Waals surface area contributed by atoms with Gasteiger partial charge in [0.1, 0.15) is 0 Å². The second-order valence-electron chi connectivity index (χ2n) is 4.86. The van der Waals surface area contributed by atoms with Crippen LogP contribution in [0.3, 0.4) is 0 Å². The van der Waals surface area contributed by atoms with Gasteiger partial charge in [-0.2, -0.15) is 0 Å². The fourth-order valence-corrected chi connectivity index (χ4v) is 0.735. The van der Waals surface area contributed by atoms with Gasteiger partial charge in [0.05, 0.1) is 6.04 Å². The lowest BCUT2D eigenvalue weighted by Crippen LogP contribution is -2.38. The van der Waals surface area contributed by atoms with Gasteiger partial charge in [0.2, 0.25) is 0 Å². The Labute approximate surface area is 81.8 Å². The van der Waals surface area contributed by atoms with Gasteiger partial charge in [0, 0.05) is 6.04 Å². The molecule has 3 nitrogen and oxygen atoms in total. The molecule has 0 heterocycles. The molecule has 3 N–H and O–H groups in total. The van der Waals surface area contributed by atoms with Crippen LogP contribution in [0.4, 0.5) is 0 Å². The van der Waals surface area contributed by atoms with E-state index >= 15 is 0 Å². The quantitative estimate of drug-likeness (QED) is 0.508. The average molecular weight is 185 g/mol. The summed E-state index contributed by atoms with van der Waals surface area (Å²) in [5.74, 6) is 0.539. The molecule has 0 amide bonds. The number of nitrogens with zero attached hydrogens (tertiary/aromatic N) is 1. The van der Waals surface area contributed by atoms with E-state index in [9.17, 15) is 0 Å². The van der Waals surface area contributed by atoms with E-state index in [1.807, 2.05) is 13.8 Å². The van der Waals surface area contributed by atoms with Crippen LogP contribution in [0.1, 0.15) is 41.5 Å². The average Bonchev–Trinajstić information content (AvgIpc) is 1.82. The minimum Gasteiger partial charge on any atom is -0.370 e. The van der Waals surface area contributed by atoms with Crippen molar-refractivity contribution in [3.8, 4) is 0 Å². The molecule has 0 aromatic heterocycles. The van der Waals surface area contributed by atoms with Crippen LogP contribution in [-0.2, 0) is 0 Å². The molecule has 0 saturated heterocycles. The van der Waals surface area contributed by atoms with Crippen molar-refractivity contribution in [3.05, 3.63) is 0 Å². The van der Waals surface area contributed by atoms with Crippen molar-refractivity contribution >= 4 is 5.96 Å². The summed E-state index contributed by atoms with van der Waals surface area (Å²) in [5, 5.41) is 3.07. The summed E-state index contributed by atoms with van der Waals surface area (Å²) in [7, 11) is 0. The van der Waals surface area contributed by atoms with Crippen molar-refractivity contribution in [3.63, 3.8) is 0 Å². The van der Waals surface area contributed by atoms with Crippen LogP contribution in [0.25, 0.3) is 0 Å². The molecule has 0 fully saturated rings. The molecule has 78 valence electrons. The molecular weight excluding hydrogens is 162 g/mol. The molecule has 0 aromatic carbocycles. The van der Waals surface area contributed by atoms with Crippen LogP contribution in [0, 0.1) is 5.41 Å². The molecular formula is C10H23N3. The van der Waals surface area contributed by atoms with Crippen molar-refractivity contribution in [2.45, 2.75) is 53.6 Å². The maximum atomic E-state index is 5.71. The SMILES string of the molecule is CC(C)NC(N)=NC(C)C(C)(C)C. The summed E-state index contributed by atoms with van der Waals surface area (Å²) in [5.41, 5.74) is 5.88. The van der Waals surface area contributed by atoms with Crippen molar-refractivity contribution in [1.29, 1.82) is 0 Å². The Kier molecular flexibility index (Phi) is 4.24. The number of hydrogen-bond acceptors (Lipinski definition) is 1. The molecule has 1 atom stereocenters. The molecule has 0 aliphatic heterocycles. The van der Waals surface area contributed by atoms with E-state index in [1.54, 1.807) is 0 Å².